The molecule has 2 aromatic carbocycles. The number of carboxylic acids is 1. The molecule has 2 rings (SSSR count). The Labute approximate surface area is 139 Å². The van der Waals surface area contributed by atoms with Gasteiger partial charge in [-0.15, -0.1) is 11.8 Å². The summed E-state index contributed by atoms with van der Waals surface area (Å²) in [5, 5.41) is 18.5. The maximum absolute atomic E-state index is 11.2. The predicted molar refractivity (Wildman–Crippen MR) is 86.8 cm³/mol. The van der Waals surface area contributed by atoms with Crippen LogP contribution in [0.3, 0.4) is 0 Å². The lowest BCUT2D eigenvalue weighted by molar-refractivity contribution is 0.0693. The summed E-state index contributed by atoms with van der Waals surface area (Å²) in [6, 6.07) is 12.1. The van der Waals surface area contributed by atoms with E-state index in [2.05, 4.69) is 15.9 Å². The van der Waals surface area contributed by atoms with Crippen LogP contribution in [0.5, 0.6) is 0 Å². The van der Waals surface area contributed by atoms with E-state index in [0.29, 0.717) is 21.2 Å². The van der Waals surface area contributed by atoms with Gasteiger partial charge in [0.05, 0.1) is 17.2 Å². The highest BCUT2D eigenvalue weighted by Crippen LogP contribution is 2.31. The first-order valence-electron chi connectivity index (χ1n) is 5.85. The van der Waals surface area contributed by atoms with Gasteiger partial charge in [0.15, 0.2) is 0 Å². The molecule has 0 aliphatic heterocycles. The molecule has 6 heteroatoms. The third-order valence-electron chi connectivity index (χ3n) is 2.74. The SMILES string of the molecule is N#Cc1ccc(CSc2cc(Br)ccc2C(=O)O)c(Cl)c1. The van der Waals surface area contributed by atoms with E-state index in [-0.39, 0.29) is 5.56 Å². The van der Waals surface area contributed by atoms with Crippen molar-refractivity contribution in [1.29, 1.82) is 5.26 Å². The molecule has 0 radical (unpaired) electrons. The molecule has 0 saturated heterocycles. The van der Waals surface area contributed by atoms with Crippen LogP contribution in [0.4, 0.5) is 0 Å². The minimum absolute atomic E-state index is 0.257. The molecule has 0 amide bonds. The molecule has 0 aromatic heterocycles. The first-order chi connectivity index (χ1) is 10.0. The number of carbonyl (C=O) groups is 1. The molecular formula is C15H9BrClNO2S. The van der Waals surface area contributed by atoms with Crippen LogP contribution in [0.1, 0.15) is 21.5 Å². The summed E-state index contributed by atoms with van der Waals surface area (Å²) < 4.78 is 0.820. The second-order valence-corrected chi connectivity index (χ2v) is 6.49. The fraction of sp³-hybridized carbons (Fsp3) is 0.0667. The summed E-state index contributed by atoms with van der Waals surface area (Å²) in [7, 11) is 0. The van der Waals surface area contributed by atoms with Gasteiger partial charge in [-0.05, 0) is 35.9 Å². The van der Waals surface area contributed by atoms with Gasteiger partial charge >= 0.3 is 5.97 Å². The van der Waals surface area contributed by atoms with Crippen molar-refractivity contribution in [3.05, 3.63) is 62.6 Å². The standard InChI is InChI=1S/C15H9BrClNO2S/c16-11-3-4-12(15(19)20)14(6-11)21-8-10-2-1-9(7-18)5-13(10)17/h1-6H,8H2,(H,19,20). The molecule has 1 N–H and O–H groups in total. The number of nitrogens with zero attached hydrogens (tertiary/aromatic N) is 1. The number of rotatable bonds is 4. The number of thioether (sulfide) groups is 1. The monoisotopic (exact) mass is 381 g/mol. The minimum Gasteiger partial charge on any atom is -0.478 e. The Kier molecular flexibility index (Phi) is 5.29. The lowest BCUT2D eigenvalue weighted by Crippen LogP contribution is -1.98. The Hall–Kier alpha value is -1.48. The molecule has 0 atom stereocenters. The van der Waals surface area contributed by atoms with E-state index in [1.54, 1.807) is 36.4 Å². The van der Waals surface area contributed by atoms with E-state index in [4.69, 9.17) is 16.9 Å². The normalized spacial score (nSPS) is 10.1. The number of nitriles is 1. The fourth-order valence-corrected chi connectivity index (χ4v) is 3.60. The van der Waals surface area contributed by atoms with Crippen molar-refractivity contribution in [3.63, 3.8) is 0 Å². The van der Waals surface area contributed by atoms with E-state index in [1.807, 2.05) is 6.07 Å². The summed E-state index contributed by atoms with van der Waals surface area (Å²) in [6.07, 6.45) is 0. The Balaban J connectivity index is 2.22. The van der Waals surface area contributed by atoms with E-state index in [1.165, 1.54) is 11.8 Å². The molecule has 3 nitrogen and oxygen atoms in total. The van der Waals surface area contributed by atoms with Crippen molar-refractivity contribution < 1.29 is 9.90 Å². The number of hydrogen-bond acceptors (Lipinski definition) is 3. The predicted octanol–water partition coefficient (Wildman–Crippen LogP) is 4.96. The third kappa shape index (κ3) is 4.01. The van der Waals surface area contributed by atoms with Gasteiger partial charge in [-0.2, -0.15) is 5.26 Å². The molecule has 0 saturated carbocycles. The number of hydrogen-bond donors (Lipinski definition) is 1. The van der Waals surface area contributed by atoms with Crippen molar-refractivity contribution in [3.8, 4) is 6.07 Å². The summed E-state index contributed by atoms with van der Waals surface area (Å²) in [4.78, 5) is 11.9. The van der Waals surface area contributed by atoms with E-state index < -0.39 is 5.97 Å². The Bertz CT molecular complexity index is 743. The van der Waals surface area contributed by atoms with Gasteiger partial charge < -0.3 is 5.11 Å². The Morgan fingerprint density at radius 3 is 2.71 bits per heavy atom. The van der Waals surface area contributed by atoms with Gasteiger partial charge in [0.1, 0.15) is 0 Å². The van der Waals surface area contributed by atoms with Crippen molar-refractivity contribution in [2.45, 2.75) is 10.6 Å². The van der Waals surface area contributed by atoms with E-state index >= 15 is 0 Å². The summed E-state index contributed by atoms with van der Waals surface area (Å²) >= 11 is 10.8. The second kappa shape index (κ2) is 6.99. The molecule has 2 aromatic rings. The molecule has 21 heavy (non-hydrogen) atoms. The Morgan fingerprint density at radius 2 is 2.10 bits per heavy atom. The molecule has 0 heterocycles. The smallest absolute Gasteiger partial charge is 0.336 e. The number of carboxylic acid groups (broad SMARTS) is 1. The second-order valence-electron chi connectivity index (χ2n) is 4.15. The first-order valence-corrected chi connectivity index (χ1v) is 8.01. The van der Waals surface area contributed by atoms with Crippen molar-refractivity contribution in [2.24, 2.45) is 0 Å². The van der Waals surface area contributed by atoms with Gasteiger partial charge in [-0.1, -0.05) is 33.6 Å². The van der Waals surface area contributed by atoms with Gasteiger partial charge in [0, 0.05) is 20.1 Å². The lowest BCUT2D eigenvalue weighted by Gasteiger charge is -2.08. The fourth-order valence-electron chi connectivity index (χ4n) is 1.68. The van der Waals surface area contributed by atoms with Gasteiger partial charge in [-0.25, -0.2) is 4.79 Å². The van der Waals surface area contributed by atoms with E-state index in [0.717, 1.165) is 10.0 Å². The largest absolute Gasteiger partial charge is 0.478 e. The quantitative estimate of drug-likeness (QED) is 0.759. The van der Waals surface area contributed by atoms with Crippen LogP contribution < -0.4 is 0 Å². The number of aromatic carboxylic acids is 1. The number of halogens is 2. The zero-order valence-corrected chi connectivity index (χ0v) is 13.8. The maximum atomic E-state index is 11.2. The molecule has 0 bridgehead atoms. The first kappa shape index (κ1) is 15.9. The molecule has 106 valence electrons. The van der Waals surface area contributed by atoms with Crippen LogP contribution in [0, 0.1) is 11.3 Å². The van der Waals surface area contributed by atoms with Crippen molar-refractivity contribution >= 4 is 45.3 Å². The highest BCUT2D eigenvalue weighted by molar-refractivity contribution is 9.10. The van der Waals surface area contributed by atoms with Crippen LogP contribution in [-0.4, -0.2) is 11.1 Å². The average Bonchev–Trinajstić information content (AvgIpc) is 2.45. The summed E-state index contributed by atoms with van der Waals surface area (Å²) in [6.45, 7) is 0. The van der Waals surface area contributed by atoms with E-state index in [9.17, 15) is 9.90 Å². The molecule has 0 aliphatic rings. The zero-order valence-electron chi connectivity index (χ0n) is 10.6. The van der Waals surface area contributed by atoms with Crippen LogP contribution in [-0.2, 0) is 5.75 Å². The highest BCUT2D eigenvalue weighted by atomic mass is 79.9. The van der Waals surface area contributed by atoms with Gasteiger partial charge in [0.25, 0.3) is 0 Å². The van der Waals surface area contributed by atoms with Crippen LogP contribution in [0.15, 0.2) is 45.8 Å². The summed E-state index contributed by atoms with van der Waals surface area (Å²) in [5.41, 5.74) is 1.62. The lowest BCUT2D eigenvalue weighted by atomic mass is 10.2. The topological polar surface area (TPSA) is 61.1 Å². The zero-order chi connectivity index (χ0) is 15.4. The highest BCUT2D eigenvalue weighted by Gasteiger charge is 2.12. The molecule has 0 spiro atoms. The van der Waals surface area contributed by atoms with Crippen molar-refractivity contribution in [2.75, 3.05) is 0 Å². The minimum atomic E-state index is -0.962. The molecule has 0 fully saturated rings. The van der Waals surface area contributed by atoms with Gasteiger partial charge in [-0.3, -0.25) is 0 Å². The average molecular weight is 383 g/mol. The third-order valence-corrected chi connectivity index (χ3v) is 4.69. The van der Waals surface area contributed by atoms with Crippen LogP contribution in [0.25, 0.3) is 0 Å². The van der Waals surface area contributed by atoms with Gasteiger partial charge in [0.2, 0.25) is 0 Å². The summed E-state index contributed by atoms with van der Waals surface area (Å²) in [5.74, 6) is -0.433. The molecule has 0 aliphatic carbocycles. The molecule has 0 unspecified atom stereocenters. The molecular weight excluding hydrogens is 374 g/mol. The maximum Gasteiger partial charge on any atom is 0.336 e. The van der Waals surface area contributed by atoms with Crippen LogP contribution in [0.2, 0.25) is 5.02 Å². The van der Waals surface area contributed by atoms with Crippen LogP contribution >= 0.6 is 39.3 Å². The number of benzene rings is 2. The van der Waals surface area contributed by atoms with Crippen molar-refractivity contribution in [1.82, 2.24) is 0 Å². The Morgan fingerprint density at radius 1 is 1.33 bits per heavy atom.